The van der Waals surface area contributed by atoms with Crippen molar-refractivity contribution in [3.8, 4) is 5.75 Å². The molecule has 0 aromatic heterocycles. The molecular weight excluding hydrogens is 314 g/mol. The molecule has 0 saturated heterocycles. The van der Waals surface area contributed by atoms with Gasteiger partial charge in [-0.1, -0.05) is 40.0 Å². The first kappa shape index (κ1) is 21.5. The second-order valence-corrected chi connectivity index (χ2v) is 6.85. The van der Waals surface area contributed by atoms with Gasteiger partial charge in [-0.15, -0.1) is 0 Å². The van der Waals surface area contributed by atoms with Gasteiger partial charge in [0, 0.05) is 12.3 Å². The van der Waals surface area contributed by atoms with Crippen LogP contribution in [0, 0.1) is 0 Å². The van der Waals surface area contributed by atoms with Gasteiger partial charge in [0.2, 0.25) is 0 Å². The minimum Gasteiger partial charge on any atom is -0.491 e. The third-order valence-electron chi connectivity index (χ3n) is 4.39. The van der Waals surface area contributed by atoms with E-state index >= 15 is 0 Å². The zero-order valence-electron chi connectivity index (χ0n) is 16.6. The van der Waals surface area contributed by atoms with E-state index in [2.05, 4.69) is 26.1 Å². The Bertz CT molecular complexity index is 500. The van der Waals surface area contributed by atoms with Crippen LogP contribution in [0.3, 0.4) is 0 Å². The first-order valence-electron chi connectivity index (χ1n) is 9.67. The quantitative estimate of drug-likeness (QED) is 0.502. The van der Waals surface area contributed by atoms with Crippen molar-refractivity contribution in [3.05, 3.63) is 24.3 Å². The summed E-state index contributed by atoms with van der Waals surface area (Å²) in [4.78, 5) is 12.8. The van der Waals surface area contributed by atoms with Crippen LogP contribution in [0.1, 0.15) is 73.1 Å². The molecule has 142 valence electrons. The maximum atomic E-state index is 12.8. The minimum absolute atomic E-state index is 0.0763. The zero-order valence-corrected chi connectivity index (χ0v) is 16.6. The van der Waals surface area contributed by atoms with Crippen LogP contribution in [0.15, 0.2) is 24.3 Å². The van der Waals surface area contributed by atoms with E-state index < -0.39 is 5.60 Å². The molecule has 4 nitrogen and oxygen atoms in total. The normalized spacial score (nSPS) is 14.6. The number of anilines is 1. The fourth-order valence-corrected chi connectivity index (χ4v) is 2.49. The van der Waals surface area contributed by atoms with Crippen molar-refractivity contribution in [1.82, 2.24) is 0 Å². The molecule has 0 bridgehead atoms. The molecule has 4 heteroatoms. The number of unbranched alkanes of at least 4 members (excludes halogenated alkanes) is 2. The van der Waals surface area contributed by atoms with Gasteiger partial charge in [-0.25, -0.2) is 0 Å². The van der Waals surface area contributed by atoms with Crippen LogP contribution >= 0.6 is 0 Å². The molecule has 0 fully saturated rings. The van der Waals surface area contributed by atoms with Crippen molar-refractivity contribution in [2.75, 3.05) is 11.9 Å². The topological polar surface area (TPSA) is 47.6 Å². The number of hydrogen-bond donors (Lipinski definition) is 1. The lowest BCUT2D eigenvalue weighted by atomic mass is 9.96. The van der Waals surface area contributed by atoms with Crippen molar-refractivity contribution in [3.63, 3.8) is 0 Å². The molecule has 1 N–H and O–H groups in total. The summed E-state index contributed by atoms with van der Waals surface area (Å²) >= 11 is 0. The molecular formula is C21H35NO3. The summed E-state index contributed by atoms with van der Waals surface area (Å²) in [5, 5.41) is 2.99. The second kappa shape index (κ2) is 11.1. The van der Waals surface area contributed by atoms with Crippen molar-refractivity contribution in [2.45, 2.75) is 84.8 Å². The summed E-state index contributed by atoms with van der Waals surface area (Å²) < 4.78 is 11.7. The van der Waals surface area contributed by atoms with Gasteiger partial charge in [0.25, 0.3) is 5.91 Å². The maximum Gasteiger partial charge on any atom is 0.256 e. The van der Waals surface area contributed by atoms with Gasteiger partial charge in [-0.2, -0.15) is 0 Å². The van der Waals surface area contributed by atoms with E-state index in [1.807, 2.05) is 38.1 Å². The molecule has 0 aliphatic heterocycles. The van der Waals surface area contributed by atoms with Gasteiger partial charge in [0.1, 0.15) is 11.4 Å². The van der Waals surface area contributed by atoms with E-state index in [1.54, 1.807) is 0 Å². The molecule has 0 aliphatic carbocycles. The zero-order chi connectivity index (χ0) is 18.7. The molecule has 0 radical (unpaired) electrons. The first-order valence-corrected chi connectivity index (χ1v) is 9.67. The Morgan fingerprint density at radius 1 is 1.12 bits per heavy atom. The molecule has 2 unspecified atom stereocenters. The smallest absolute Gasteiger partial charge is 0.256 e. The summed E-state index contributed by atoms with van der Waals surface area (Å²) in [7, 11) is 0. The van der Waals surface area contributed by atoms with E-state index in [0.717, 1.165) is 50.0 Å². The van der Waals surface area contributed by atoms with E-state index in [4.69, 9.17) is 9.47 Å². The summed E-state index contributed by atoms with van der Waals surface area (Å²) in [5.74, 6) is 0.743. The molecule has 1 rings (SSSR count). The lowest BCUT2D eigenvalue weighted by Crippen LogP contribution is -2.43. The number of benzene rings is 1. The Kier molecular flexibility index (Phi) is 9.58. The Morgan fingerprint density at radius 2 is 1.80 bits per heavy atom. The highest BCUT2D eigenvalue weighted by atomic mass is 16.5. The highest BCUT2D eigenvalue weighted by Crippen LogP contribution is 2.24. The van der Waals surface area contributed by atoms with Gasteiger partial charge in [0.05, 0.1) is 6.10 Å². The molecule has 0 heterocycles. The van der Waals surface area contributed by atoms with Gasteiger partial charge in [0.15, 0.2) is 0 Å². The van der Waals surface area contributed by atoms with Crippen molar-refractivity contribution in [1.29, 1.82) is 0 Å². The van der Waals surface area contributed by atoms with E-state index in [9.17, 15) is 4.79 Å². The second-order valence-electron chi connectivity index (χ2n) is 6.85. The largest absolute Gasteiger partial charge is 0.491 e. The summed E-state index contributed by atoms with van der Waals surface area (Å²) in [6, 6.07) is 7.54. The molecule has 0 spiro atoms. The third-order valence-corrected chi connectivity index (χ3v) is 4.39. The number of hydrogen-bond acceptors (Lipinski definition) is 3. The van der Waals surface area contributed by atoms with Crippen molar-refractivity contribution < 1.29 is 14.3 Å². The highest BCUT2D eigenvalue weighted by molar-refractivity contribution is 5.97. The molecule has 1 aromatic carbocycles. The average Bonchev–Trinajstić information content (AvgIpc) is 2.61. The third kappa shape index (κ3) is 7.47. The SMILES string of the molecule is CCCCCC(C)(OCCC)C(=O)Nc1ccc(OC(C)CC)cc1. The lowest BCUT2D eigenvalue weighted by molar-refractivity contribution is -0.140. The molecule has 0 saturated carbocycles. The fourth-order valence-electron chi connectivity index (χ4n) is 2.49. The standard InChI is InChI=1S/C21H35NO3/c1-6-9-10-15-21(5,24-16-7-2)20(23)22-18-11-13-19(14-12-18)25-17(4)8-3/h11-14,17H,6-10,15-16H2,1-5H3,(H,22,23). The van der Waals surface area contributed by atoms with Gasteiger partial charge >= 0.3 is 0 Å². The monoisotopic (exact) mass is 349 g/mol. The number of ether oxygens (including phenoxy) is 2. The fraction of sp³-hybridized carbons (Fsp3) is 0.667. The van der Waals surface area contributed by atoms with Crippen LogP contribution in [0.4, 0.5) is 5.69 Å². The van der Waals surface area contributed by atoms with Crippen LogP contribution < -0.4 is 10.1 Å². The molecule has 1 amide bonds. The Hall–Kier alpha value is -1.55. The minimum atomic E-state index is -0.781. The predicted octanol–water partition coefficient (Wildman–Crippen LogP) is 5.57. The molecule has 2 atom stereocenters. The molecule has 0 aliphatic rings. The molecule has 25 heavy (non-hydrogen) atoms. The van der Waals surface area contributed by atoms with Gasteiger partial charge in [-0.05, 0) is 57.4 Å². The summed E-state index contributed by atoms with van der Waals surface area (Å²) in [6.07, 6.45) is 6.02. The number of amides is 1. The first-order chi connectivity index (χ1) is 11.9. The van der Waals surface area contributed by atoms with Crippen LogP contribution in [-0.4, -0.2) is 24.2 Å². The number of carbonyl (C=O) groups is 1. The van der Waals surface area contributed by atoms with Crippen molar-refractivity contribution in [2.24, 2.45) is 0 Å². The maximum absolute atomic E-state index is 12.8. The number of rotatable bonds is 12. The predicted molar refractivity (Wildman–Crippen MR) is 104 cm³/mol. The summed E-state index contributed by atoms with van der Waals surface area (Å²) in [5.41, 5.74) is -0.0137. The number of nitrogens with one attached hydrogen (secondary N) is 1. The van der Waals surface area contributed by atoms with E-state index in [-0.39, 0.29) is 12.0 Å². The van der Waals surface area contributed by atoms with E-state index in [1.165, 1.54) is 0 Å². The lowest BCUT2D eigenvalue weighted by Gasteiger charge is -2.28. The van der Waals surface area contributed by atoms with Crippen LogP contribution in [0.2, 0.25) is 0 Å². The number of carbonyl (C=O) groups excluding carboxylic acids is 1. The van der Waals surface area contributed by atoms with Crippen LogP contribution in [0.5, 0.6) is 5.75 Å². The highest BCUT2D eigenvalue weighted by Gasteiger charge is 2.33. The Balaban J connectivity index is 2.71. The van der Waals surface area contributed by atoms with Crippen LogP contribution in [-0.2, 0) is 9.53 Å². The van der Waals surface area contributed by atoms with E-state index in [0.29, 0.717) is 6.61 Å². The Labute approximate surface area is 153 Å². The van der Waals surface area contributed by atoms with Gasteiger partial charge in [-0.3, -0.25) is 4.79 Å². The summed E-state index contributed by atoms with van der Waals surface area (Å²) in [6.45, 7) is 10.8. The molecule has 1 aromatic rings. The van der Waals surface area contributed by atoms with Gasteiger partial charge < -0.3 is 14.8 Å². The van der Waals surface area contributed by atoms with Crippen LogP contribution in [0.25, 0.3) is 0 Å². The average molecular weight is 350 g/mol. The van der Waals surface area contributed by atoms with Crippen molar-refractivity contribution >= 4 is 11.6 Å². The Morgan fingerprint density at radius 3 is 2.36 bits per heavy atom.